The topological polar surface area (TPSA) is 44.5 Å². The maximum atomic E-state index is 4.26. The number of nitrogens with zero attached hydrogens (tertiary/aromatic N) is 1. The van der Waals surface area contributed by atoms with Gasteiger partial charge in [-0.15, -0.1) is 0 Å². The van der Waals surface area contributed by atoms with Crippen molar-refractivity contribution in [3.8, 4) is 11.8 Å². The lowest BCUT2D eigenvalue weighted by molar-refractivity contribution is 1.32. The number of nitrogens with one attached hydrogen (secondary N) is 2. The highest BCUT2D eigenvalue weighted by Crippen LogP contribution is 2.15. The number of hydrogen-bond donors (Lipinski definition) is 2. The summed E-state index contributed by atoms with van der Waals surface area (Å²) in [4.78, 5) is 10.5. The second-order valence-corrected chi connectivity index (χ2v) is 4.63. The average molecular weight is 257 g/mol. The molecule has 0 saturated heterocycles. The third-order valence-electron chi connectivity index (χ3n) is 3.35. The fraction of sp³-hybridized carbons (Fsp3) is 0. The molecule has 0 spiro atoms. The molecular weight excluding hydrogens is 246 g/mol. The first kappa shape index (κ1) is 10.9. The Morgan fingerprint density at radius 3 is 2.85 bits per heavy atom. The third kappa shape index (κ3) is 1.75. The van der Waals surface area contributed by atoms with E-state index >= 15 is 0 Å². The summed E-state index contributed by atoms with van der Waals surface area (Å²) in [6.45, 7) is 0. The standard InChI is InChI=1S/C17H11N3/c1(12-2-4-16-14(11-12)6-8-18-16)3-13-5-9-19-17-15(13)7-10-20-17/h2,4-11,18H,(H,19,20). The first-order valence-electron chi connectivity index (χ1n) is 6.41. The van der Waals surface area contributed by atoms with Crippen LogP contribution in [0.25, 0.3) is 21.9 Å². The largest absolute Gasteiger partial charge is 0.361 e. The predicted molar refractivity (Wildman–Crippen MR) is 80.4 cm³/mol. The number of rotatable bonds is 0. The molecule has 3 nitrogen and oxygen atoms in total. The van der Waals surface area contributed by atoms with Gasteiger partial charge in [-0.1, -0.05) is 11.8 Å². The quantitative estimate of drug-likeness (QED) is 0.466. The Labute approximate surface area is 115 Å². The molecule has 3 aromatic heterocycles. The van der Waals surface area contributed by atoms with Gasteiger partial charge in [-0.25, -0.2) is 4.98 Å². The van der Waals surface area contributed by atoms with Crippen LogP contribution in [0, 0.1) is 11.8 Å². The van der Waals surface area contributed by atoms with Crippen molar-refractivity contribution in [3.05, 3.63) is 66.1 Å². The zero-order valence-corrected chi connectivity index (χ0v) is 10.6. The minimum Gasteiger partial charge on any atom is -0.361 e. The molecule has 0 aliphatic carbocycles. The Hall–Kier alpha value is -2.99. The van der Waals surface area contributed by atoms with Gasteiger partial charge in [0.2, 0.25) is 0 Å². The molecular formula is C17H11N3. The second kappa shape index (κ2) is 4.29. The summed E-state index contributed by atoms with van der Waals surface area (Å²) < 4.78 is 0. The molecule has 0 saturated carbocycles. The van der Waals surface area contributed by atoms with Crippen LogP contribution >= 0.6 is 0 Å². The molecule has 0 aliphatic heterocycles. The van der Waals surface area contributed by atoms with E-state index in [0.29, 0.717) is 0 Å². The molecule has 3 heteroatoms. The SMILES string of the molecule is C(#Cc1ccnc2[nH]ccc12)c1ccc2[nH]ccc2c1. The number of benzene rings is 1. The molecule has 1 aromatic carbocycles. The zero-order valence-electron chi connectivity index (χ0n) is 10.6. The van der Waals surface area contributed by atoms with E-state index in [0.717, 1.165) is 27.7 Å². The van der Waals surface area contributed by atoms with Gasteiger partial charge in [0, 0.05) is 46.0 Å². The molecule has 0 amide bonds. The van der Waals surface area contributed by atoms with Crippen LogP contribution in [-0.4, -0.2) is 15.0 Å². The van der Waals surface area contributed by atoms with E-state index in [1.165, 1.54) is 5.39 Å². The molecule has 3 heterocycles. The molecule has 0 bridgehead atoms. The van der Waals surface area contributed by atoms with Crippen LogP contribution in [-0.2, 0) is 0 Å². The fourth-order valence-electron chi connectivity index (χ4n) is 2.34. The number of hydrogen-bond acceptors (Lipinski definition) is 1. The Kier molecular flexibility index (Phi) is 2.33. The van der Waals surface area contributed by atoms with Crippen molar-refractivity contribution in [3.63, 3.8) is 0 Å². The van der Waals surface area contributed by atoms with Crippen LogP contribution in [0.5, 0.6) is 0 Å². The highest BCUT2D eigenvalue weighted by Gasteiger charge is 1.99. The van der Waals surface area contributed by atoms with Gasteiger partial charge in [-0.05, 0) is 36.4 Å². The number of H-pyrrole nitrogens is 2. The normalized spacial score (nSPS) is 10.6. The maximum Gasteiger partial charge on any atom is 0.138 e. The minimum atomic E-state index is 0.873. The Morgan fingerprint density at radius 2 is 1.85 bits per heavy atom. The molecule has 4 rings (SSSR count). The van der Waals surface area contributed by atoms with Gasteiger partial charge in [-0.3, -0.25) is 0 Å². The van der Waals surface area contributed by atoms with Crippen molar-refractivity contribution in [1.82, 2.24) is 15.0 Å². The van der Waals surface area contributed by atoms with Crippen LogP contribution in [0.2, 0.25) is 0 Å². The summed E-state index contributed by atoms with van der Waals surface area (Å²) in [5, 5.41) is 2.24. The summed E-state index contributed by atoms with van der Waals surface area (Å²) >= 11 is 0. The van der Waals surface area contributed by atoms with Crippen LogP contribution in [0.15, 0.2) is 55.0 Å². The average Bonchev–Trinajstić information content (AvgIpc) is 3.13. The van der Waals surface area contributed by atoms with Gasteiger partial charge in [0.1, 0.15) is 5.65 Å². The van der Waals surface area contributed by atoms with E-state index in [1.54, 1.807) is 6.20 Å². The molecule has 0 radical (unpaired) electrons. The Balaban J connectivity index is 1.80. The molecule has 2 N–H and O–H groups in total. The molecule has 20 heavy (non-hydrogen) atoms. The van der Waals surface area contributed by atoms with Crippen molar-refractivity contribution < 1.29 is 0 Å². The van der Waals surface area contributed by atoms with E-state index in [4.69, 9.17) is 0 Å². The van der Waals surface area contributed by atoms with Crippen molar-refractivity contribution in [2.45, 2.75) is 0 Å². The molecule has 4 aromatic rings. The van der Waals surface area contributed by atoms with Gasteiger partial charge in [0.25, 0.3) is 0 Å². The summed E-state index contributed by atoms with van der Waals surface area (Å²) in [5.74, 6) is 6.45. The van der Waals surface area contributed by atoms with Crippen molar-refractivity contribution >= 4 is 21.9 Å². The van der Waals surface area contributed by atoms with Crippen molar-refractivity contribution in [2.24, 2.45) is 0 Å². The number of aromatic nitrogens is 3. The van der Waals surface area contributed by atoms with Gasteiger partial charge in [0.05, 0.1) is 0 Å². The van der Waals surface area contributed by atoms with Crippen LogP contribution < -0.4 is 0 Å². The first-order valence-corrected chi connectivity index (χ1v) is 6.41. The zero-order chi connectivity index (χ0) is 13.4. The van der Waals surface area contributed by atoms with Crippen LogP contribution in [0.4, 0.5) is 0 Å². The minimum absolute atomic E-state index is 0.873. The highest BCUT2D eigenvalue weighted by atomic mass is 14.8. The second-order valence-electron chi connectivity index (χ2n) is 4.63. The van der Waals surface area contributed by atoms with Gasteiger partial charge < -0.3 is 9.97 Å². The molecule has 0 fully saturated rings. The lowest BCUT2D eigenvalue weighted by atomic mass is 10.1. The smallest absolute Gasteiger partial charge is 0.138 e. The summed E-state index contributed by atoms with van der Waals surface area (Å²) in [7, 11) is 0. The first-order chi connectivity index (χ1) is 9.90. The number of fused-ring (bicyclic) bond motifs is 2. The molecule has 94 valence electrons. The number of pyridine rings is 1. The van der Waals surface area contributed by atoms with Crippen molar-refractivity contribution in [1.29, 1.82) is 0 Å². The molecule has 0 atom stereocenters. The van der Waals surface area contributed by atoms with E-state index < -0.39 is 0 Å². The number of aromatic amines is 2. The molecule has 0 unspecified atom stereocenters. The fourth-order valence-corrected chi connectivity index (χ4v) is 2.34. The van der Waals surface area contributed by atoms with Crippen LogP contribution in [0.3, 0.4) is 0 Å². The van der Waals surface area contributed by atoms with Crippen molar-refractivity contribution in [2.75, 3.05) is 0 Å². The predicted octanol–water partition coefficient (Wildman–Crippen LogP) is 3.44. The van der Waals surface area contributed by atoms with Gasteiger partial charge in [0.15, 0.2) is 0 Å². The van der Waals surface area contributed by atoms with Crippen LogP contribution in [0.1, 0.15) is 11.1 Å². The Morgan fingerprint density at radius 1 is 0.900 bits per heavy atom. The van der Waals surface area contributed by atoms with E-state index in [-0.39, 0.29) is 0 Å². The van der Waals surface area contributed by atoms with E-state index in [1.807, 2.05) is 30.6 Å². The monoisotopic (exact) mass is 257 g/mol. The summed E-state index contributed by atoms with van der Waals surface area (Å²) in [5.41, 5.74) is 4.01. The third-order valence-corrected chi connectivity index (χ3v) is 3.35. The van der Waals surface area contributed by atoms with Gasteiger partial charge >= 0.3 is 0 Å². The Bertz CT molecular complexity index is 964. The lowest BCUT2D eigenvalue weighted by Crippen LogP contribution is -1.81. The molecule has 0 aliphatic rings. The summed E-state index contributed by atoms with van der Waals surface area (Å²) in [6.07, 6.45) is 5.60. The highest BCUT2D eigenvalue weighted by molar-refractivity contribution is 5.83. The lowest BCUT2D eigenvalue weighted by Gasteiger charge is -1.94. The van der Waals surface area contributed by atoms with E-state index in [9.17, 15) is 0 Å². The maximum absolute atomic E-state index is 4.26. The summed E-state index contributed by atoms with van der Waals surface area (Å²) in [6, 6.07) is 12.2. The van der Waals surface area contributed by atoms with E-state index in [2.05, 4.69) is 45.0 Å². The van der Waals surface area contributed by atoms with Gasteiger partial charge in [-0.2, -0.15) is 0 Å².